The van der Waals surface area contributed by atoms with Crippen LogP contribution in [-0.2, 0) is 14.6 Å². The van der Waals surface area contributed by atoms with Crippen LogP contribution in [-0.4, -0.2) is 26.6 Å². The highest BCUT2D eigenvalue weighted by atomic mass is 32.2. The molecule has 0 bridgehead atoms. The summed E-state index contributed by atoms with van der Waals surface area (Å²) in [7, 11) is -3.94. The molecule has 20 heavy (non-hydrogen) atoms. The van der Waals surface area contributed by atoms with Crippen molar-refractivity contribution in [2.24, 2.45) is 5.92 Å². The van der Waals surface area contributed by atoms with E-state index in [2.05, 4.69) is 5.32 Å². The van der Waals surface area contributed by atoms with Gasteiger partial charge >= 0.3 is 0 Å². The Morgan fingerprint density at radius 1 is 1.40 bits per heavy atom. The standard InChI is InChI=1S/C13H19FN2O3S/c1-9(2)5-6-16-13(17)8-20(18,19)12-7-10(14)3-4-11(12)15/h3-4,7,9H,5-6,8,15H2,1-2H3,(H,16,17). The van der Waals surface area contributed by atoms with E-state index in [0.717, 1.165) is 18.6 Å². The smallest absolute Gasteiger partial charge is 0.235 e. The third kappa shape index (κ3) is 4.80. The highest BCUT2D eigenvalue weighted by molar-refractivity contribution is 7.92. The Morgan fingerprint density at radius 3 is 2.65 bits per heavy atom. The summed E-state index contributed by atoms with van der Waals surface area (Å²) in [5.74, 6) is -1.66. The highest BCUT2D eigenvalue weighted by Crippen LogP contribution is 2.20. The van der Waals surface area contributed by atoms with Crippen LogP contribution >= 0.6 is 0 Å². The molecule has 0 radical (unpaired) electrons. The van der Waals surface area contributed by atoms with Crippen molar-refractivity contribution in [3.8, 4) is 0 Å². The molecule has 7 heteroatoms. The second-order valence-electron chi connectivity index (χ2n) is 4.97. The van der Waals surface area contributed by atoms with Crippen molar-refractivity contribution < 1.29 is 17.6 Å². The summed E-state index contributed by atoms with van der Waals surface area (Å²) in [6, 6.07) is 3.06. The monoisotopic (exact) mass is 302 g/mol. The van der Waals surface area contributed by atoms with E-state index >= 15 is 0 Å². The number of carbonyl (C=O) groups excluding carboxylic acids is 1. The van der Waals surface area contributed by atoms with E-state index in [1.54, 1.807) is 0 Å². The van der Waals surface area contributed by atoms with Crippen molar-refractivity contribution in [1.29, 1.82) is 0 Å². The summed E-state index contributed by atoms with van der Waals surface area (Å²) < 4.78 is 37.1. The van der Waals surface area contributed by atoms with Crippen LogP contribution in [0.3, 0.4) is 0 Å². The summed E-state index contributed by atoms with van der Waals surface area (Å²) in [4.78, 5) is 11.2. The number of amides is 1. The van der Waals surface area contributed by atoms with E-state index in [-0.39, 0.29) is 10.6 Å². The fourth-order valence-corrected chi connectivity index (χ4v) is 2.90. The van der Waals surface area contributed by atoms with Crippen molar-refractivity contribution >= 4 is 21.4 Å². The fraction of sp³-hybridized carbons (Fsp3) is 0.462. The molecule has 0 aliphatic heterocycles. The molecular weight excluding hydrogens is 283 g/mol. The Kier molecular flexibility index (Phi) is 5.50. The minimum Gasteiger partial charge on any atom is -0.398 e. The molecule has 0 atom stereocenters. The van der Waals surface area contributed by atoms with Gasteiger partial charge in [0, 0.05) is 6.54 Å². The van der Waals surface area contributed by atoms with Gasteiger partial charge in [0.1, 0.15) is 11.6 Å². The van der Waals surface area contributed by atoms with Crippen LogP contribution in [0, 0.1) is 11.7 Å². The van der Waals surface area contributed by atoms with E-state index in [0.29, 0.717) is 12.5 Å². The zero-order valence-electron chi connectivity index (χ0n) is 11.5. The van der Waals surface area contributed by atoms with Crippen LogP contribution in [0.2, 0.25) is 0 Å². The van der Waals surface area contributed by atoms with Gasteiger partial charge in [-0.3, -0.25) is 4.79 Å². The molecule has 0 fully saturated rings. The van der Waals surface area contributed by atoms with Gasteiger partial charge in [-0.05, 0) is 30.5 Å². The van der Waals surface area contributed by atoms with Crippen molar-refractivity contribution in [3.05, 3.63) is 24.0 Å². The number of nitrogens with two attached hydrogens (primary N) is 1. The van der Waals surface area contributed by atoms with Crippen LogP contribution < -0.4 is 11.1 Å². The van der Waals surface area contributed by atoms with Crippen molar-refractivity contribution in [1.82, 2.24) is 5.32 Å². The van der Waals surface area contributed by atoms with Gasteiger partial charge in [0.05, 0.1) is 10.6 Å². The summed E-state index contributed by atoms with van der Waals surface area (Å²) in [5, 5.41) is 2.52. The first-order valence-electron chi connectivity index (χ1n) is 6.27. The number of halogens is 1. The van der Waals surface area contributed by atoms with Gasteiger partial charge in [-0.25, -0.2) is 12.8 Å². The molecule has 3 N–H and O–H groups in total. The Hall–Kier alpha value is -1.63. The van der Waals surface area contributed by atoms with E-state index in [1.165, 1.54) is 6.07 Å². The molecule has 1 aromatic rings. The molecule has 0 aliphatic carbocycles. The lowest BCUT2D eigenvalue weighted by Gasteiger charge is -2.09. The van der Waals surface area contributed by atoms with Gasteiger partial charge in [0.25, 0.3) is 0 Å². The van der Waals surface area contributed by atoms with Crippen molar-refractivity contribution in [2.75, 3.05) is 18.0 Å². The van der Waals surface area contributed by atoms with E-state index in [9.17, 15) is 17.6 Å². The molecule has 5 nitrogen and oxygen atoms in total. The molecule has 0 spiro atoms. The average molecular weight is 302 g/mol. The molecule has 0 aliphatic rings. The molecule has 0 heterocycles. The second kappa shape index (κ2) is 6.69. The third-order valence-corrected chi connectivity index (χ3v) is 4.34. The molecule has 112 valence electrons. The largest absolute Gasteiger partial charge is 0.398 e. The topological polar surface area (TPSA) is 89.3 Å². The van der Waals surface area contributed by atoms with Gasteiger partial charge in [-0.1, -0.05) is 13.8 Å². The van der Waals surface area contributed by atoms with Crippen LogP contribution in [0.1, 0.15) is 20.3 Å². The number of anilines is 1. The minimum atomic E-state index is -3.94. The van der Waals surface area contributed by atoms with E-state index in [4.69, 9.17) is 5.73 Å². The third-order valence-electron chi connectivity index (χ3n) is 2.68. The Bertz CT molecular complexity index is 585. The Morgan fingerprint density at radius 2 is 2.05 bits per heavy atom. The molecule has 0 saturated carbocycles. The zero-order valence-corrected chi connectivity index (χ0v) is 12.3. The van der Waals surface area contributed by atoms with Gasteiger partial charge in [-0.15, -0.1) is 0 Å². The quantitative estimate of drug-likeness (QED) is 0.776. The minimum absolute atomic E-state index is 0.0682. The lowest BCUT2D eigenvalue weighted by molar-refractivity contribution is -0.118. The maximum atomic E-state index is 13.1. The molecule has 0 saturated heterocycles. The number of nitrogens with one attached hydrogen (secondary N) is 1. The number of hydrogen-bond acceptors (Lipinski definition) is 4. The maximum absolute atomic E-state index is 13.1. The zero-order chi connectivity index (χ0) is 15.3. The van der Waals surface area contributed by atoms with E-state index < -0.39 is 27.3 Å². The van der Waals surface area contributed by atoms with Crippen molar-refractivity contribution in [3.63, 3.8) is 0 Å². The first-order chi connectivity index (χ1) is 9.22. The number of benzene rings is 1. The molecule has 0 unspecified atom stereocenters. The lowest BCUT2D eigenvalue weighted by Crippen LogP contribution is -2.31. The predicted octanol–water partition coefficient (Wildman–Crippen LogP) is 1.34. The van der Waals surface area contributed by atoms with Gasteiger partial charge in [0.2, 0.25) is 5.91 Å². The number of rotatable bonds is 6. The van der Waals surface area contributed by atoms with Gasteiger partial charge in [0.15, 0.2) is 9.84 Å². The molecule has 1 aromatic carbocycles. The number of nitrogen functional groups attached to an aromatic ring is 1. The molecule has 0 aromatic heterocycles. The summed E-state index contributed by atoms with van der Waals surface area (Å²) in [6.07, 6.45) is 0.758. The van der Waals surface area contributed by atoms with Crippen LogP contribution in [0.5, 0.6) is 0 Å². The second-order valence-corrected chi connectivity index (χ2v) is 6.93. The van der Waals surface area contributed by atoms with Crippen LogP contribution in [0.25, 0.3) is 0 Å². The Balaban J connectivity index is 2.75. The lowest BCUT2D eigenvalue weighted by atomic mass is 10.1. The number of hydrogen-bond donors (Lipinski definition) is 2. The highest BCUT2D eigenvalue weighted by Gasteiger charge is 2.22. The normalized spacial score (nSPS) is 11.6. The molecular formula is C13H19FN2O3S. The molecule has 1 rings (SSSR count). The number of sulfone groups is 1. The maximum Gasteiger partial charge on any atom is 0.235 e. The van der Waals surface area contributed by atoms with Crippen LogP contribution in [0.4, 0.5) is 10.1 Å². The van der Waals surface area contributed by atoms with E-state index in [1.807, 2.05) is 13.8 Å². The predicted molar refractivity (Wildman–Crippen MR) is 75.3 cm³/mol. The first-order valence-corrected chi connectivity index (χ1v) is 7.92. The fourth-order valence-electron chi connectivity index (χ4n) is 1.58. The average Bonchev–Trinajstić information content (AvgIpc) is 2.31. The van der Waals surface area contributed by atoms with Gasteiger partial charge in [-0.2, -0.15) is 0 Å². The summed E-state index contributed by atoms with van der Waals surface area (Å²) >= 11 is 0. The first kappa shape index (κ1) is 16.4. The molecule has 1 amide bonds. The SMILES string of the molecule is CC(C)CCNC(=O)CS(=O)(=O)c1cc(F)ccc1N. The van der Waals surface area contributed by atoms with Crippen LogP contribution in [0.15, 0.2) is 23.1 Å². The number of carbonyl (C=O) groups is 1. The van der Waals surface area contributed by atoms with Crippen molar-refractivity contribution in [2.45, 2.75) is 25.2 Å². The Labute approximate surface area is 118 Å². The van der Waals surface area contributed by atoms with Gasteiger partial charge < -0.3 is 11.1 Å². The summed E-state index contributed by atoms with van der Waals surface area (Å²) in [5.41, 5.74) is 5.45. The summed E-state index contributed by atoms with van der Waals surface area (Å²) in [6.45, 7) is 4.40.